The van der Waals surface area contributed by atoms with E-state index in [1.54, 1.807) is 0 Å². The van der Waals surface area contributed by atoms with E-state index in [4.69, 9.17) is 9.47 Å². The first-order valence-corrected chi connectivity index (χ1v) is 16.3. The van der Waals surface area contributed by atoms with Gasteiger partial charge in [0.1, 0.15) is 11.6 Å². The fourth-order valence-corrected chi connectivity index (χ4v) is 6.68. The lowest BCUT2D eigenvalue weighted by molar-refractivity contribution is -0.163. The van der Waals surface area contributed by atoms with Gasteiger partial charge < -0.3 is 9.47 Å². The average molecular weight is 584 g/mol. The standard InChI is InChI=1S/C39H53NO3/c1-29(2)34-23-22-30(3)26-36(34)42-25-24-35(33-20-14-9-15-21-33)37(38(41)43-39(4,5)6)40(27-31-16-10-7-11-17-31)28-32-18-12-8-13-19-32/h7-21,29-30,34-37H,22-28H2,1-6H3/t30-,34+,35+,36-,37+/m1/s1. The van der Waals surface area contributed by atoms with E-state index in [1.807, 2.05) is 39.0 Å². The molecule has 0 aliphatic heterocycles. The summed E-state index contributed by atoms with van der Waals surface area (Å²) in [6.45, 7) is 14.8. The number of esters is 1. The molecule has 0 bridgehead atoms. The fourth-order valence-electron chi connectivity index (χ4n) is 6.68. The van der Waals surface area contributed by atoms with Crippen molar-refractivity contribution in [3.8, 4) is 0 Å². The monoisotopic (exact) mass is 583 g/mol. The Balaban J connectivity index is 1.70. The summed E-state index contributed by atoms with van der Waals surface area (Å²) in [6, 6.07) is 30.9. The molecular formula is C39H53NO3. The molecule has 3 aromatic carbocycles. The van der Waals surface area contributed by atoms with Crippen LogP contribution in [0.3, 0.4) is 0 Å². The van der Waals surface area contributed by atoms with Gasteiger partial charge in [-0.15, -0.1) is 0 Å². The number of hydrogen-bond acceptors (Lipinski definition) is 4. The van der Waals surface area contributed by atoms with Crippen molar-refractivity contribution in [3.63, 3.8) is 0 Å². The maximum Gasteiger partial charge on any atom is 0.324 e. The minimum Gasteiger partial charge on any atom is -0.459 e. The largest absolute Gasteiger partial charge is 0.459 e. The molecule has 1 saturated carbocycles. The van der Waals surface area contributed by atoms with Crippen molar-refractivity contribution in [2.75, 3.05) is 6.61 Å². The van der Waals surface area contributed by atoms with Crippen LogP contribution in [0.2, 0.25) is 0 Å². The molecule has 0 amide bonds. The van der Waals surface area contributed by atoms with E-state index >= 15 is 0 Å². The summed E-state index contributed by atoms with van der Waals surface area (Å²) >= 11 is 0. The molecule has 4 heteroatoms. The Morgan fingerprint density at radius 2 is 1.37 bits per heavy atom. The molecule has 4 nitrogen and oxygen atoms in total. The number of hydrogen-bond donors (Lipinski definition) is 0. The molecule has 0 radical (unpaired) electrons. The van der Waals surface area contributed by atoms with Crippen molar-refractivity contribution in [1.82, 2.24) is 4.90 Å². The molecule has 0 spiro atoms. The first-order valence-electron chi connectivity index (χ1n) is 16.3. The van der Waals surface area contributed by atoms with Gasteiger partial charge in [0.05, 0.1) is 6.10 Å². The van der Waals surface area contributed by atoms with Gasteiger partial charge in [-0.2, -0.15) is 0 Å². The van der Waals surface area contributed by atoms with Crippen molar-refractivity contribution in [3.05, 3.63) is 108 Å². The molecule has 0 saturated heterocycles. The number of carbonyl (C=O) groups is 1. The van der Waals surface area contributed by atoms with Crippen LogP contribution >= 0.6 is 0 Å². The molecule has 1 fully saturated rings. The maximum atomic E-state index is 14.3. The molecule has 5 atom stereocenters. The van der Waals surface area contributed by atoms with Crippen LogP contribution in [0.5, 0.6) is 0 Å². The Hall–Kier alpha value is -2.95. The molecule has 232 valence electrons. The van der Waals surface area contributed by atoms with Crippen LogP contribution in [0.15, 0.2) is 91.0 Å². The van der Waals surface area contributed by atoms with Gasteiger partial charge in [-0.1, -0.05) is 118 Å². The quantitative estimate of drug-likeness (QED) is 0.188. The number of nitrogens with zero attached hydrogens (tertiary/aromatic N) is 1. The van der Waals surface area contributed by atoms with E-state index in [9.17, 15) is 4.79 Å². The van der Waals surface area contributed by atoms with Crippen LogP contribution in [0.4, 0.5) is 0 Å². The molecule has 0 unspecified atom stereocenters. The first-order chi connectivity index (χ1) is 20.6. The zero-order valence-corrected chi connectivity index (χ0v) is 27.2. The first kappa shape index (κ1) is 33.0. The normalized spacial score (nSPS) is 20.6. The predicted molar refractivity (Wildman–Crippen MR) is 177 cm³/mol. The topological polar surface area (TPSA) is 38.8 Å². The smallest absolute Gasteiger partial charge is 0.324 e. The highest BCUT2D eigenvalue weighted by Gasteiger charge is 2.38. The zero-order valence-electron chi connectivity index (χ0n) is 27.2. The van der Waals surface area contributed by atoms with E-state index in [1.165, 1.54) is 24.0 Å². The number of benzene rings is 3. The van der Waals surface area contributed by atoms with Gasteiger partial charge in [0, 0.05) is 25.6 Å². The second-order valence-electron chi connectivity index (χ2n) is 13.9. The van der Waals surface area contributed by atoms with E-state index in [-0.39, 0.29) is 18.0 Å². The molecular weight excluding hydrogens is 530 g/mol. The summed E-state index contributed by atoms with van der Waals surface area (Å²) in [5, 5.41) is 0. The Morgan fingerprint density at radius 3 is 1.88 bits per heavy atom. The minimum atomic E-state index is -0.596. The molecule has 3 aromatic rings. The third-order valence-electron chi connectivity index (χ3n) is 8.83. The summed E-state index contributed by atoms with van der Waals surface area (Å²) in [5.41, 5.74) is 2.89. The highest BCUT2D eigenvalue weighted by Crippen LogP contribution is 2.37. The van der Waals surface area contributed by atoms with Gasteiger partial charge >= 0.3 is 5.97 Å². The van der Waals surface area contributed by atoms with Crippen LogP contribution in [0.25, 0.3) is 0 Å². The second kappa shape index (κ2) is 15.7. The van der Waals surface area contributed by atoms with Gasteiger partial charge in [-0.3, -0.25) is 9.69 Å². The van der Waals surface area contributed by atoms with E-state index in [2.05, 4.69) is 98.5 Å². The lowest BCUT2D eigenvalue weighted by Crippen LogP contribution is -2.47. The van der Waals surface area contributed by atoms with E-state index in [0.29, 0.717) is 37.5 Å². The Morgan fingerprint density at radius 1 is 0.837 bits per heavy atom. The third kappa shape index (κ3) is 10.0. The summed E-state index contributed by atoms with van der Waals surface area (Å²) in [5.74, 6) is 1.60. The number of rotatable bonds is 13. The van der Waals surface area contributed by atoms with Crippen LogP contribution in [0.1, 0.15) is 89.8 Å². The highest BCUT2D eigenvalue weighted by molar-refractivity contribution is 5.77. The number of carbonyl (C=O) groups excluding carboxylic acids is 1. The minimum absolute atomic E-state index is 0.0954. The van der Waals surface area contributed by atoms with Crippen molar-refractivity contribution in [1.29, 1.82) is 0 Å². The SMILES string of the molecule is CC(C)[C@@H]1CC[C@@H](C)C[C@H]1OCC[C@@H](c1ccccc1)[C@@H](C(=O)OC(C)(C)C)N(Cc1ccccc1)Cc1ccccc1. The van der Waals surface area contributed by atoms with E-state index < -0.39 is 11.6 Å². The van der Waals surface area contributed by atoms with Gasteiger partial charge in [-0.05, 0) is 74.5 Å². The molecule has 1 aliphatic rings. The van der Waals surface area contributed by atoms with Crippen LogP contribution in [-0.4, -0.2) is 35.2 Å². The molecule has 0 N–H and O–H groups in total. The lowest BCUT2D eigenvalue weighted by atomic mass is 9.75. The predicted octanol–water partition coefficient (Wildman–Crippen LogP) is 9.05. The zero-order chi connectivity index (χ0) is 30.8. The third-order valence-corrected chi connectivity index (χ3v) is 8.83. The molecule has 4 rings (SSSR count). The summed E-state index contributed by atoms with van der Waals surface area (Å²) in [4.78, 5) is 16.7. The Kier molecular flexibility index (Phi) is 12.0. The summed E-state index contributed by atoms with van der Waals surface area (Å²) < 4.78 is 13.0. The maximum absolute atomic E-state index is 14.3. The van der Waals surface area contributed by atoms with Crippen molar-refractivity contribution >= 4 is 5.97 Å². The molecule has 0 heterocycles. The summed E-state index contributed by atoms with van der Waals surface area (Å²) in [6.07, 6.45) is 4.63. The van der Waals surface area contributed by atoms with Gasteiger partial charge in [0.2, 0.25) is 0 Å². The fraction of sp³-hybridized carbons (Fsp3) is 0.513. The molecule has 43 heavy (non-hydrogen) atoms. The highest BCUT2D eigenvalue weighted by atomic mass is 16.6. The van der Waals surface area contributed by atoms with Gasteiger partial charge in [0.15, 0.2) is 0 Å². The van der Waals surface area contributed by atoms with Crippen LogP contribution < -0.4 is 0 Å². The average Bonchev–Trinajstić information content (AvgIpc) is 2.97. The van der Waals surface area contributed by atoms with Gasteiger partial charge in [-0.25, -0.2) is 0 Å². The van der Waals surface area contributed by atoms with Crippen molar-refractivity contribution in [2.45, 2.75) is 104 Å². The second-order valence-corrected chi connectivity index (χ2v) is 13.9. The van der Waals surface area contributed by atoms with Gasteiger partial charge in [0.25, 0.3) is 0 Å². The molecule has 1 aliphatic carbocycles. The van der Waals surface area contributed by atoms with E-state index in [0.717, 1.165) is 18.4 Å². The Bertz CT molecular complexity index is 1180. The van der Waals surface area contributed by atoms with Crippen molar-refractivity contribution in [2.24, 2.45) is 17.8 Å². The molecule has 0 aromatic heterocycles. The van der Waals surface area contributed by atoms with Crippen LogP contribution in [-0.2, 0) is 27.4 Å². The Labute approximate surface area is 260 Å². The summed E-state index contributed by atoms with van der Waals surface area (Å²) in [7, 11) is 0. The van der Waals surface area contributed by atoms with Crippen molar-refractivity contribution < 1.29 is 14.3 Å². The van der Waals surface area contributed by atoms with Crippen LogP contribution in [0, 0.1) is 17.8 Å². The lowest BCUT2D eigenvalue weighted by Gasteiger charge is -2.39. The number of ether oxygens (including phenoxy) is 2.